The van der Waals surface area contributed by atoms with E-state index >= 15 is 0 Å². The Bertz CT molecular complexity index is 615. The molecule has 0 N–H and O–H groups in total. The zero-order valence-corrected chi connectivity index (χ0v) is 14.8. The molecule has 1 heteroatoms. The van der Waals surface area contributed by atoms with E-state index < -0.39 is 0 Å². The van der Waals surface area contributed by atoms with Crippen LogP contribution in [0.1, 0.15) is 41.5 Å². The number of hydrogen-bond donors (Lipinski definition) is 0. The van der Waals surface area contributed by atoms with Crippen LogP contribution in [-0.2, 0) is 0 Å². The van der Waals surface area contributed by atoms with Crippen LogP contribution in [0.5, 0.6) is 0 Å². The number of nitrogens with zero attached hydrogens (tertiary/aromatic N) is 1. The Balaban J connectivity index is 0.000000661. The van der Waals surface area contributed by atoms with Gasteiger partial charge in [0, 0.05) is 17.1 Å². The highest BCUT2D eigenvalue weighted by Gasteiger charge is 1.99. The minimum Gasteiger partial charge on any atom is -0.256 e. The van der Waals surface area contributed by atoms with Crippen LogP contribution in [0.3, 0.4) is 0 Å². The van der Waals surface area contributed by atoms with Crippen molar-refractivity contribution in [3.8, 4) is 11.3 Å². The molecule has 0 bridgehead atoms. The number of pyridine rings is 1. The highest BCUT2D eigenvalue weighted by atomic mass is 14.7. The van der Waals surface area contributed by atoms with Gasteiger partial charge in [-0.1, -0.05) is 96.1 Å². The van der Waals surface area contributed by atoms with Crippen molar-refractivity contribution in [2.75, 3.05) is 0 Å². The molecule has 0 saturated heterocycles. The molecule has 22 heavy (non-hydrogen) atoms. The van der Waals surface area contributed by atoms with Crippen LogP contribution in [0.2, 0.25) is 0 Å². The van der Waals surface area contributed by atoms with Crippen molar-refractivity contribution < 1.29 is 0 Å². The van der Waals surface area contributed by atoms with Crippen LogP contribution in [0, 0.1) is 0 Å². The smallest absolute Gasteiger partial charge is 0.0708 e. The fraction of sp³-hybridized carbons (Fsp3) is 0.286. The molecule has 0 saturated carbocycles. The van der Waals surface area contributed by atoms with Gasteiger partial charge in [0.15, 0.2) is 0 Å². The van der Waals surface area contributed by atoms with Crippen LogP contribution < -0.4 is 0 Å². The third-order valence-corrected chi connectivity index (χ3v) is 2.70. The van der Waals surface area contributed by atoms with Gasteiger partial charge in [0.05, 0.1) is 5.69 Å². The summed E-state index contributed by atoms with van der Waals surface area (Å²) in [6.45, 7) is 12.0. The van der Waals surface area contributed by atoms with Gasteiger partial charge in [-0.15, -0.1) is 0 Å². The van der Waals surface area contributed by atoms with Crippen molar-refractivity contribution >= 4 is 10.8 Å². The summed E-state index contributed by atoms with van der Waals surface area (Å²) in [5, 5.41) is 2.42. The fourth-order valence-electron chi connectivity index (χ4n) is 1.85. The lowest BCUT2D eigenvalue weighted by Crippen LogP contribution is -1.83. The number of fused-ring (bicyclic) bond motifs is 1. The lowest BCUT2D eigenvalue weighted by molar-refractivity contribution is 1.36. The number of rotatable bonds is 1. The minimum absolute atomic E-state index is 1.03. The maximum Gasteiger partial charge on any atom is 0.0708 e. The van der Waals surface area contributed by atoms with E-state index in [-0.39, 0.29) is 0 Å². The molecule has 0 fully saturated rings. The first-order valence-electron chi connectivity index (χ1n) is 8.34. The molecule has 0 aliphatic carbocycles. The average Bonchev–Trinajstić information content (AvgIpc) is 2.67. The lowest BCUT2D eigenvalue weighted by atomic mass is 10.1. The number of aromatic nitrogens is 1. The highest BCUT2D eigenvalue weighted by molar-refractivity contribution is 5.85. The molecule has 0 radical (unpaired) electrons. The molecule has 0 aliphatic rings. The molecule has 1 nitrogen and oxygen atoms in total. The first-order valence-corrected chi connectivity index (χ1v) is 8.34. The van der Waals surface area contributed by atoms with E-state index in [1.807, 2.05) is 72.0 Å². The second kappa shape index (κ2) is 12.6. The lowest BCUT2D eigenvalue weighted by Gasteiger charge is -2.02. The standard InChI is InChI=1S/C15H11N.3C2H6/c1-2-6-12(7-3-1)15-10-13-8-4-5-9-14(13)11-16-15;3*1-2/h1-11H;3*1-2H3. The zero-order valence-electron chi connectivity index (χ0n) is 14.8. The fourth-order valence-corrected chi connectivity index (χ4v) is 1.85. The van der Waals surface area contributed by atoms with E-state index in [0.717, 1.165) is 11.3 Å². The molecular weight excluding hydrogens is 266 g/mol. The van der Waals surface area contributed by atoms with Gasteiger partial charge >= 0.3 is 0 Å². The van der Waals surface area contributed by atoms with Gasteiger partial charge in [0.2, 0.25) is 0 Å². The largest absolute Gasteiger partial charge is 0.256 e. The summed E-state index contributed by atoms with van der Waals surface area (Å²) in [5.41, 5.74) is 2.19. The number of hydrogen-bond acceptors (Lipinski definition) is 1. The Labute approximate surface area is 136 Å². The maximum absolute atomic E-state index is 4.48. The summed E-state index contributed by atoms with van der Waals surface area (Å²) in [6.07, 6.45) is 1.93. The van der Waals surface area contributed by atoms with E-state index in [0.29, 0.717) is 0 Å². The third kappa shape index (κ3) is 5.69. The highest BCUT2D eigenvalue weighted by Crippen LogP contribution is 2.21. The van der Waals surface area contributed by atoms with Crippen molar-refractivity contribution in [3.63, 3.8) is 0 Å². The first-order chi connectivity index (χ1) is 10.9. The van der Waals surface area contributed by atoms with Crippen molar-refractivity contribution in [2.45, 2.75) is 41.5 Å². The van der Waals surface area contributed by atoms with Gasteiger partial charge in [0.1, 0.15) is 0 Å². The van der Waals surface area contributed by atoms with E-state index in [1.165, 1.54) is 10.8 Å². The summed E-state index contributed by atoms with van der Waals surface area (Å²) < 4.78 is 0. The normalized spacial score (nSPS) is 8.45. The zero-order chi connectivity index (χ0) is 16.8. The molecule has 3 aromatic rings. The van der Waals surface area contributed by atoms with Crippen molar-refractivity contribution in [1.29, 1.82) is 0 Å². The minimum atomic E-state index is 1.03. The Morgan fingerprint density at radius 2 is 1.09 bits per heavy atom. The van der Waals surface area contributed by atoms with Crippen molar-refractivity contribution in [2.24, 2.45) is 0 Å². The maximum atomic E-state index is 4.48. The first kappa shape index (κ1) is 19.9. The predicted molar refractivity (Wildman–Crippen MR) is 101 cm³/mol. The van der Waals surface area contributed by atoms with Crippen LogP contribution in [-0.4, -0.2) is 4.98 Å². The van der Waals surface area contributed by atoms with E-state index in [4.69, 9.17) is 0 Å². The van der Waals surface area contributed by atoms with E-state index in [1.54, 1.807) is 0 Å². The van der Waals surface area contributed by atoms with E-state index in [2.05, 4.69) is 41.4 Å². The van der Waals surface area contributed by atoms with Crippen LogP contribution in [0.4, 0.5) is 0 Å². The molecule has 3 rings (SSSR count). The van der Waals surface area contributed by atoms with Crippen molar-refractivity contribution in [1.82, 2.24) is 4.98 Å². The molecule has 1 heterocycles. The molecule has 118 valence electrons. The Kier molecular flexibility index (Phi) is 11.4. The van der Waals surface area contributed by atoms with Gasteiger partial charge in [-0.05, 0) is 11.5 Å². The number of benzene rings is 2. The Hall–Kier alpha value is -2.15. The summed E-state index contributed by atoms with van der Waals surface area (Å²) >= 11 is 0. The molecule has 1 aromatic heterocycles. The summed E-state index contributed by atoms with van der Waals surface area (Å²) in [4.78, 5) is 4.48. The monoisotopic (exact) mass is 295 g/mol. The third-order valence-electron chi connectivity index (χ3n) is 2.70. The second-order valence-corrected chi connectivity index (χ2v) is 3.78. The van der Waals surface area contributed by atoms with Gasteiger partial charge in [0.25, 0.3) is 0 Å². The second-order valence-electron chi connectivity index (χ2n) is 3.78. The molecule has 2 aromatic carbocycles. The van der Waals surface area contributed by atoms with Crippen LogP contribution in [0.25, 0.3) is 22.0 Å². The Morgan fingerprint density at radius 3 is 1.68 bits per heavy atom. The molecule has 0 atom stereocenters. The molecule has 0 amide bonds. The molecular formula is C21H29N. The summed E-state index contributed by atoms with van der Waals surface area (Å²) in [6, 6.07) is 20.7. The van der Waals surface area contributed by atoms with E-state index in [9.17, 15) is 0 Å². The molecule has 0 spiro atoms. The molecule has 0 unspecified atom stereocenters. The van der Waals surface area contributed by atoms with Crippen molar-refractivity contribution in [3.05, 3.63) is 66.9 Å². The van der Waals surface area contributed by atoms with Crippen LogP contribution in [0.15, 0.2) is 66.9 Å². The summed E-state index contributed by atoms with van der Waals surface area (Å²) in [7, 11) is 0. The van der Waals surface area contributed by atoms with Gasteiger partial charge < -0.3 is 0 Å². The van der Waals surface area contributed by atoms with Gasteiger partial charge in [-0.25, -0.2) is 0 Å². The van der Waals surface area contributed by atoms with Gasteiger partial charge in [-0.2, -0.15) is 0 Å². The van der Waals surface area contributed by atoms with Crippen LogP contribution >= 0.6 is 0 Å². The average molecular weight is 295 g/mol. The topological polar surface area (TPSA) is 12.9 Å². The SMILES string of the molecule is CC.CC.CC.c1ccc(-c2cc3ccccc3cn2)cc1. The summed E-state index contributed by atoms with van der Waals surface area (Å²) in [5.74, 6) is 0. The molecule has 0 aliphatic heterocycles. The predicted octanol–water partition coefficient (Wildman–Crippen LogP) is 6.98. The quantitative estimate of drug-likeness (QED) is 0.472. The Morgan fingerprint density at radius 1 is 0.591 bits per heavy atom. The van der Waals surface area contributed by atoms with Gasteiger partial charge in [-0.3, -0.25) is 4.98 Å².